The average Bonchev–Trinajstić information content (AvgIpc) is 2.17. The lowest BCUT2D eigenvalue weighted by atomic mass is 10.1. The summed E-state index contributed by atoms with van der Waals surface area (Å²) in [4.78, 5) is 13.0. The number of nitrogens with zero attached hydrogens (tertiary/aromatic N) is 2. The molecular formula is C10H11N3O. The zero-order valence-corrected chi connectivity index (χ0v) is 8.11. The number of amides is 1. The maximum Gasteiger partial charge on any atom is 0.255 e. The Morgan fingerprint density at radius 3 is 2.64 bits per heavy atom. The molecule has 0 aliphatic heterocycles. The quantitative estimate of drug-likeness (QED) is 0.665. The number of carbonyl (C=O) groups excluding carboxylic acids is 1. The van der Waals surface area contributed by atoms with Crippen molar-refractivity contribution in [3.05, 3.63) is 29.3 Å². The van der Waals surface area contributed by atoms with Gasteiger partial charge in [0.1, 0.15) is 0 Å². The number of carbonyl (C=O) groups is 1. The van der Waals surface area contributed by atoms with Crippen LogP contribution in [-0.4, -0.2) is 24.9 Å². The average molecular weight is 189 g/mol. The summed E-state index contributed by atoms with van der Waals surface area (Å²) in [7, 11) is 3.28. The minimum atomic E-state index is -0.195. The molecule has 0 saturated carbocycles. The molecule has 0 aromatic heterocycles. The van der Waals surface area contributed by atoms with E-state index in [9.17, 15) is 4.79 Å². The van der Waals surface area contributed by atoms with Gasteiger partial charge in [-0.2, -0.15) is 5.26 Å². The number of anilines is 1. The standard InChI is InChI=1S/C10H11N3O/c1-13(2)10(14)8-5-7(6-11)3-4-9(8)12/h3-5H,12H2,1-2H3. The van der Waals surface area contributed by atoms with Crippen LogP contribution >= 0.6 is 0 Å². The maximum atomic E-state index is 11.6. The summed E-state index contributed by atoms with van der Waals surface area (Å²) in [5.41, 5.74) is 6.82. The predicted octanol–water partition coefficient (Wildman–Crippen LogP) is 0.842. The zero-order valence-electron chi connectivity index (χ0n) is 8.11. The molecule has 0 spiro atoms. The lowest BCUT2D eigenvalue weighted by Gasteiger charge is -2.11. The smallest absolute Gasteiger partial charge is 0.255 e. The highest BCUT2D eigenvalue weighted by molar-refractivity contribution is 5.99. The fourth-order valence-electron chi connectivity index (χ4n) is 1.05. The molecule has 0 radical (unpaired) electrons. The van der Waals surface area contributed by atoms with Crippen molar-refractivity contribution in [2.45, 2.75) is 0 Å². The van der Waals surface area contributed by atoms with Crippen LogP contribution in [0.2, 0.25) is 0 Å². The first-order valence-electron chi connectivity index (χ1n) is 4.07. The van der Waals surface area contributed by atoms with Crippen LogP contribution in [0.4, 0.5) is 5.69 Å². The van der Waals surface area contributed by atoms with Gasteiger partial charge in [0.25, 0.3) is 5.91 Å². The SMILES string of the molecule is CN(C)C(=O)c1cc(C#N)ccc1N. The molecule has 0 fully saturated rings. The molecule has 0 unspecified atom stereocenters. The Morgan fingerprint density at radius 1 is 1.50 bits per heavy atom. The summed E-state index contributed by atoms with van der Waals surface area (Å²) in [6, 6.07) is 6.61. The van der Waals surface area contributed by atoms with Gasteiger partial charge in [-0.1, -0.05) is 0 Å². The van der Waals surface area contributed by atoms with Crippen LogP contribution in [0.15, 0.2) is 18.2 Å². The van der Waals surface area contributed by atoms with Crippen LogP contribution in [0.25, 0.3) is 0 Å². The van der Waals surface area contributed by atoms with E-state index in [1.165, 1.54) is 11.0 Å². The largest absolute Gasteiger partial charge is 0.398 e. The van der Waals surface area contributed by atoms with Gasteiger partial charge in [0.05, 0.1) is 17.2 Å². The monoisotopic (exact) mass is 189 g/mol. The van der Waals surface area contributed by atoms with E-state index in [1.54, 1.807) is 26.2 Å². The third kappa shape index (κ3) is 1.83. The Morgan fingerprint density at radius 2 is 2.14 bits per heavy atom. The van der Waals surface area contributed by atoms with E-state index in [-0.39, 0.29) is 5.91 Å². The molecule has 0 bridgehead atoms. The van der Waals surface area contributed by atoms with Gasteiger partial charge >= 0.3 is 0 Å². The van der Waals surface area contributed by atoms with Crippen molar-refractivity contribution in [3.63, 3.8) is 0 Å². The van der Waals surface area contributed by atoms with E-state index >= 15 is 0 Å². The minimum Gasteiger partial charge on any atom is -0.398 e. The molecule has 0 saturated heterocycles. The van der Waals surface area contributed by atoms with E-state index in [2.05, 4.69) is 0 Å². The molecule has 4 nitrogen and oxygen atoms in total. The summed E-state index contributed by atoms with van der Waals surface area (Å²) >= 11 is 0. The van der Waals surface area contributed by atoms with Gasteiger partial charge in [0.2, 0.25) is 0 Å². The number of hydrogen-bond acceptors (Lipinski definition) is 3. The van der Waals surface area contributed by atoms with Crippen molar-refractivity contribution in [2.24, 2.45) is 0 Å². The molecule has 14 heavy (non-hydrogen) atoms. The topological polar surface area (TPSA) is 70.1 Å². The number of benzene rings is 1. The Bertz CT molecular complexity index is 404. The van der Waals surface area contributed by atoms with Crippen molar-refractivity contribution in [1.29, 1.82) is 5.26 Å². The number of nitrogens with two attached hydrogens (primary N) is 1. The third-order valence-corrected chi connectivity index (χ3v) is 1.82. The van der Waals surface area contributed by atoms with E-state index in [1.807, 2.05) is 6.07 Å². The fraction of sp³-hybridized carbons (Fsp3) is 0.200. The van der Waals surface area contributed by atoms with Gasteiger partial charge < -0.3 is 10.6 Å². The summed E-state index contributed by atoms with van der Waals surface area (Å²) < 4.78 is 0. The molecule has 1 amide bonds. The maximum absolute atomic E-state index is 11.6. The first kappa shape index (κ1) is 10.1. The van der Waals surface area contributed by atoms with E-state index < -0.39 is 0 Å². The number of hydrogen-bond donors (Lipinski definition) is 1. The minimum absolute atomic E-state index is 0.195. The molecule has 2 N–H and O–H groups in total. The van der Waals surface area contributed by atoms with Crippen molar-refractivity contribution in [2.75, 3.05) is 19.8 Å². The van der Waals surface area contributed by atoms with Gasteiger partial charge in [-0.15, -0.1) is 0 Å². The van der Waals surface area contributed by atoms with Crippen LogP contribution in [-0.2, 0) is 0 Å². The second-order valence-electron chi connectivity index (χ2n) is 3.11. The van der Waals surface area contributed by atoms with Gasteiger partial charge in [-0.3, -0.25) is 4.79 Å². The van der Waals surface area contributed by atoms with Gasteiger partial charge in [-0.05, 0) is 18.2 Å². The normalized spacial score (nSPS) is 9.21. The summed E-state index contributed by atoms with van der Waals surface area (Å²) in [5.74, 6) is -0.195. The van der Waals surface area contributed by atoms with Crippen LogP contribution in [0, 0.1) is 11.3 Å². The van der Waals surface area contributed by atoms with Crippen molar-refractivity contribution in [3.8, 4) is 6.07 Å². The Hall–Kier alpha value is -2.02. The zero-order chi connectivity index (χ0) is 10.7. The van der Waals surface area contributed by atoms with Gasteiger partial charge in [0, 0.05) is 19.8 Å². The van der Waals surface area contributed by atoms with Crippen molar-refractivity contribution < 1.29 is 4.79 Å². The summed E-state index contributed by atoms with van der Waals surface area (Å²) in [6.07, 6.45) is 0. The van der Waals surface area contributed by atoms with E-state index in [0.29, 0.717) is 16.8 Å². The molecule has 0 heterocycles. The number of rotatable bonds is 1. The molecule has 0 atom stereocenters. The molecule has 4 heteroatoms. The molecular weight excluding hydrogens is 178 g/mol. The highest BCUT2D eigenvalue weighted by Gasteiger charge is 2.11. The Kier molecular flexibility index (Phi) is 2.73. The predicted molar refractivity (Wildman–Crippen MR) is 53.6 cm³/mol. The van der Waals surface area contributed by atoms with Gasteiger partial charge in [-0.25, -0.2) is 0 Å². The molecule has 0 aliphatic rings. The van der Waals surface area contributed by atoms with Crippen molar-refractivity contribution in [1.82, 2.24) is 4.90 Å². The molecule has 1 aromatic carbocycles. The lowest BCUT2D eigenvalue weighted by molar-refractivity contribution is 0.0828. The van der Waals surface area contributed by atoms with Crippen LogP contribution in [0.1, 0.15) is 15.9 Å². The van der Waals surface area contributed by atoms with E-state index in [4.69, 9.17) is 11.0 Å². The Balaban J connectivity index is 3.21. The fourth-order valence-corrected chi connectivity index (χ4v) is 1.05. The lowest BCUT2D eigenvalue weighted by Crippen LogP contribution is -2.22. The first-order valence-corrected chi connectivity index (χ1v) is 4.07. The summed E-state index contributed by atoms with van der Waals surface area (Å²) in [5, 5.41) is 8.66. The van der Waals surface area contributed by atoms with Crippen molar-refractivity contribution >= 4 is 11.6 Å². The first-order chi connectivity index (χ1) is 6.56. The van der Waals surface area contributed by atoms with Crippen LogP contribution < -0.4 is 5.73 Å². The van der Waals surface area contributed by atoms with Crippen LogP contribution in [0.3, 0.4) is 0 Å². The van der Waals surface area contributed by atoms with Crippen LogP contribution in [0.5, 0.6) is 0 Å². The number of nitriles is 1. The second kappa shape index (κ2) is 3.79. The molecule has 1 rings (SSSR count). The molecule has 1 aromatic rings. The third-order valence-electron chi connectivity index (χ3n) is 1.82. The second-order valence-corrected chi connectivity index (χ2v) is 3.11. The highest BCUT2D eigenvalue weighted by Crippen LogP contribution is 2.14. The highest BCUT2D eigenvalue weighted by atomic mass is 16.2. The van der Waals surface area contributed by atoms with E-state index in [0.717, 1.165) is 0 Å². The summed E-state index contributed by atoms with van der Waals surface area (Å²) in [6.45, 7) is 0. The number of nitrogen functional groups attached to an aromatic ring is 1. The molecule has 72 valence electrons. The Labute approximate surface area is 82.5 Å². The van der Waals surface area contributed by atoms with Gasteiger partial charge in [0.15, 0.2) is 0 Å². The molecule has 0 aliphatic carbocycles.